The first-order chi connectivity index (χ1) is 20.3. The van der Waals surface area contributed by atoms with Gasteiger partial charge in [0, 0.05) is 12.8 Å². The summed E-state index contributed by atoms with van der Waals surface area (Å²) in [5.74, 6) is -0.889. The lowest BCUT2D eigenvalue weighted by atomic mass is 10.1. The van der Waals surface area contributed by atoms with Crippen LogP contribution in [0.15, 0.2) is 12.2 Å². The fourth-order valence-corrected chi connectivity index (χ4v) is 5.08. The van der Waals surface area contributed by atoms with Crippen LogP contribution in [-0.2, 0) is 28.2 Å². The second kappa shape index (κ2) is 29.8. The van der Waals surface area contributed by atoms with Crippen LogP contribution >= 0.6 is 7.82 Å². The van der Waals surface area contributed by atoms with Gasteiger partial charge in [-0.2, -0.15) is 0 Å². The van der Waals surface area contributed by atoms with E-state index in [0.29, 0.717) is 6.42 Å². The van der Waals surface area contributed by atoms with Crippen LogP contribution < -0.4 is 0 Å². The summed E-state index contributed by atoms with van der Waals surface area (Å²) in [5.41, 5.74) is 0. The van der Waals surface area contributed by atoms with Gasteiger partial charge >= 0.3 is 19.8 Å². The molecule has 0 unspecified atom stereocenters. The molecule has 0 saturated carbocycles. The van der Waals surface area contributed by atoms with E-state index in [1.165, 1.54) is 83.5 Å². The maximum atomic E-state index is 12.2. The van der Waals surface area contributed by atoms with E-state index in [1.54, 1.807) is 0 Å². The largest absolute Gasteiger partial charge is 0.469 e. The number of carbonyl (C=O) groups is 2. The van der Waals surface area contributed by atoms with E-state index in [0.717, 1.165) is 51.4 Å². The van der Waals surface area contributed by atoms with Gasteiger partial charge in [-0.1, -0.05) is 129 Å². The van der Waals surface area contributed by atoms with Crippen molar-refractivity contribution in [2.45, 2.75) is 174 Å². The SMILES string of the molecule is CCCCCC/C=C/CCCCCCCCCC(=O)OC[C@H](COP(=O)(O)O)OC(=O)CCCCCCCCCCC. The predicted molar refractivity (Wildman–Crippen MR) is 170 cm³/mol. The highest BCUT2D eigenvalue weighted by Crippen LogP contribution is 2.35. The normalized spacial score (nSPS) is 12.6. The van der Waals surface area contributed by atoms with Gasteiger partial charge in [0.05, 0.1) is 6.61 Å². The molecule has 0 aliphatic rings. The molecule has 0 saturated heterocycles. The van der Waals surface area contributed by atoms with E-state index in [-0.39, 0.29) is 19.4 Å². The molecule has 0 heterocycles. The zero-order valence-corrected chi connectivity index (χ0v) is 27.8. The summed E-state index contributed by atoms with van der Waals surface area (Å²) < 4.78 is 26.2. The van der Waals surface area contributed by atoms with Crippen LogP contribution in [0.3, 0.4) is 0 Å². The molecule has 0 aromatic heterocycles. The molecule has 0 aromatic rings. The Bertz CT molecular complexity index is 706. The summed E-state index contributed by atoms with van der Waals surface area (Å²) in [6, 6.07) is 0. The molecule has 9 heteroatoms. The van der Waals surface area contributed by atoms with Crippen LogP contribution in [0, 0.1) is 0 Å². The highest BCUT2D eigenvalue weighted by molar-refractivity contribution is 7.46. The van der Waals surface area contributed by atoms with Gasteiger partial charge in [0.2, 0.25) is 0 Å². The summed E-state index contributed by atoms with van der Waals surface area (Å²) in [6.07, 6.45) is 29.4. The van der Waals surface area contributed by atoms with Crippen molar-refractivity contribution in [2.24, 2.45) is 0 Å². The number of unbranched alkanes of at least 4 members (excludes halogenated alkanes) is 19. The minimum Gasteiger partial charge on any atom is -0.462 e. The fourth-order valence-electron chi connectivity index (χ4n) is 4.72. The zero-order chi connectivity index (χ0) is 31.2. The Labute approximate surface area is 257 Å². The van der Waals surface area contributed by atoms with Gasteiger partial charge < -0.3 is 19.3 Å². The summed E-state index contributed by atoms with van der Waals surface area (Å²) >= 11 is 0. The van der Waals surface area contributed by atoms with Gasteiger partial charge in [-0.25, -0.2) is 4.57 Å². The molecule has 0 aliphatic carbocycles. The summed E-state index contributed by atoms with van der Waals surface area (Å²) in [4.78, 5) is 42.4. The highest BCUT2D eigenvalue weighted by Gasteiger charge is 2.22. The number of phosphoric ester groups is 1. The molecule has 0 radical (unpaired) electrons. The molecule has 1 atom stereocenters. The van der Waals surface area contributed by atoms with Crippen molar-refractivity contribution in [3.63, 3.8) is 0 Å². The molecule has 8 nitrogen and oxygen atoms in total. The Hall–Kier alpha value is -1.21. The second-order valence-electron chi connectivity index (χ2n) is 11.5. The molecule has 0 rings (SSSR count). The van der Waals surface area contributed by atoms with E-state index in [1.807, 2.05) is 0 Å². The average Bonchev–Trinajstić information content (AvgIpc) is 2.95. The summed E-state index contributed by atoms with van der Waals surface area (Å²) in [5, 5.41) is 0. The lowest BCUT2D eigenvalue weighted by molar-refractivity contribution is -0.161. The predicted octanol–water partition coefficient (Wildman–Crippen LogP) is 9.51. The Kier molecular flexibility index (Phi) is 29.0. The first-order valence-electron chi connectivity index (χ1n) is 17.0. The van der Waals surface area contributed by atoms with Gasteiger partial charge in [-0.3, -0.25) is 14.1 Å². The number of hydrogen-bond donors (Lipinski definition) is 2. The number of carbonyl (C=O) groups excluding carboxylic acids is 2. The van der Waals surface area contributed by atoms with Crippen molar-refractivity contribution >= 4 is 19.8 Å². The van der Waals surface area contributed by atoms with Crippen molar-refractivity contribution in [3.8, 4) is 0 Å². The molecule has 248 valence electrons. The molecule has 0 spiro atoms. The Balaban J connectivity index is 3.97. The summed E-state index contributed by atoms with van der Waals surface area (Å²) in [6.45, 7) is 3.62. The first kappa shape index (κ1) is 40.8. The van der Waals surface area contributed by atoms with Gasteiger partial charge in [-0.15, -0.1) is 0 Å². The maximum absolute atomic E-state index is 12.2. The maximum Gasteiger partial charge on any atom is 0.469 e. The second-order valence-corrected chi connectivity index (χ2v) is 12.7. The van der Waals surface area contributed by atoms with Crippen LogP contribution in [0.4, 0.5) is 0 Å². The third-order valence-electron chi connectivity index (χ3n) is 7.28. The van der Waals surface area contributed by atoms with Crippen LogP contribution in [0.2, 0.25) is 0 Å². The third-order valence-corrected chi connectivity index (χ3v) is 7.77. The Morgan fingerprint density at radius 2 is 1.00 bits per heavy atom. The number of hydrogen-bond acceptors (Lipinski definition) is 6. The van der Waals surface area contributed by atoms with Crippen LogP contribution in [0.1, 0.15) is 168 Å². The molecule has 0 bridgehead atoms. The number of esters is 2. The van der Waals surface area contributed by atoms with Crippen LogP contribution in [0.5, 0.6) is 0 Å². The Morgan fingerprint density at radius 1 is 0.595 bits per heavy atom. The molecular formula is C33H63O8P. The highest BCUT2D eigenvalue weighted by atomic mass is 31.2. The molecule has 0 aliphatic heterocycles. The zero-order valence-electron chi connectivity index (χ0n) is 26.9. The molecule has 0 amide bonds. The number of rotatable bonds is 31. The van der Waals surface area contributed by atoms with Crippen molar-refractivity contribution in [1.29, 1.82) is 0 Å². The van der Waals surface area contributed by atoms with Crippen molar-refractivity contribution in [1.82, 2.24) is 0 Å². The van der Waals surface area contributed by atoms with Crippen molar-refractivity contribution in [3.05, 3.63) is 12.2 Å². The molecule has 0 aromatic carbocycles. The van der Waals surface area contributed by atoms with E-state index < -0.39 is 32.5 Å². The van der Waals surface area contributed by atoms with E-state index in [2.05, 4.69) is 30.5 Å². The van der Waals surface area contributed by atoms with Crippen LogP contribution in [-0.4, -0.2) is 41.0 Å². The standard InChI is InChI=1S/C33H63O8P/c1-3-5-7-9-11-13-14-15-16-17-18-20-21-23-25-27-32(34)39-29-31(30-40-42(36,37)38)41-33(35)28-26-24-22-19-12-10-8-6-4-2/h13-14,31H,3-12,15-30H2,1-2H3,(H2,36,37,38)/b14-13+/t31-/m1/s1. The van der Waals surface area contributed by atoms with Crippen LogP contribution in [0.25, 0.3) is 0 Å². The number of ether oxygens (including phenoxy) is 2. The fraction of sp³-hybridized carbons (Fsp3) is 0.879. The third kappa shape index (κ3) is 31.7. The first-order valence-corrected chi connectivity index (χ1v) is 18.5. The minimum absolute atomic E-state index is 0.214. The Morgan fingerprint density at radius 3 is 1.48 bits per heavy atom. The van der Waals surface area contributed by atoms with E-state index in [9.17, 15) is 14.2 Å². The molecule has 0 fully saturated rings. The topological polar surface area (TPSA) is 119 Å². The number of phosphoric acid groups is 1. The van der Waals surface area contributed by atoms with Gasteiger partial charge in [0.15, 0.2) is 6.10 Å². The summed E-state index contributed by atoms with van der Waals surface area (Å²) in [7, 11) is -4.74. The average molecular weight is 619 g/mol. The van der Waals surface area contributed by atoms with E-state index >= 15 is 0 Å². The van der Waals surface area contributed by atoms with Crippen molar-refractivity contribution in [2.75, 3.05) is 13.2 Å². The van der Waals surface area contributed by atoms with Gasteiger partial charge in [-0.05, 0) is 38.5 Å². The monoisotopic (exact) mass is 618 g/mol. The smallest absolute Gasteiger partial charge is 0.462 e. The van der Waals surface area contributed by atoms with Gasteiger partial charge in [0.25, 0.3) is 0 Å². The van der Waals surface area contributed by atoms with Gasteiger partial charge in [0.1, 0.15) is 6.61 Å². The molecule has 2 N–H and O–H groups in total. The minimum atomic E-state index is -4.74. The lowest BCUT2D eigenvalue weighted by Crippen LogP contribution is -2.29. The number of allylic oxidation sites excluding steroid dienone is 2. The molecule has 42 heavy (non-hydrogen) atoms. The van der Waals surface area contributed by atoms with Crippen molar-refractivity contribution < 1.29 is 37.9 Å². The quantitative estimate of drug-likeness (QED) is 0.0341. The lowest BCUT2D eigenvalue weighted by Gasteiger charge is -2.18. The molecular weight excluding hydrogens is 555 g/mol. The van der Waals surface area contributed by atoms with E-state index in [4.69, 9.17) is 19.3 Å².